The van der Waals surface area contributed by atoms with Gasteiger partial charge in [0.2, 0.25) is 5.91 Å². The summed E-state index contributed by atoms with van der Waals surface area (Å²) in [6, 6.07) is 7.52. The summed E-state index contributed by atoms with van der Waals surface area (Å²) in [5.74, 6) is -0.0918. The molecule has 1 aromatic heterocycles. The molecule has 1 saturated heterocycles. The number of anilines is 2. The molecule has 0 spiro atoms. The molecule has 4 rings (SSSR count). The van der Waals surface area contributed by atoms with Crippen LogP contribution in [-0.4, -0.2) is 31.4 Å². The van der Waals surface area contributed by atoms with Gasteiger partial charge in [-0.25, -0.2) is 0 Å². The molecule has 0 radical (unpaired) electrons. The third-order valence-electron chi connectivity index (χ3n) is 5.30. The van der Waals surface area contributed by atoms with Crippen molar-refractivity contribution < 1.29 is 9.59 Å². The molecule has 2 amide bonds. The highest BCUT2D eigenvalue weighted by molar-refractivity contribution is 7.14. The third kappa shape index (κ3) is 4.33. The van der Waals surface area contributed by atoms with Crippen LogP contribution in [-0.2, 0) is 17.6 Å². The number of rotatable bonds is 3. The summed E-state index contributed by atoms with van der Waals surface area (Å²) in [5.41, 5.74) is 2.82. The van der Waals surface area contributed by atoms with Crippen LogP contribution in [0.25, 0.3) is 0 Å². The molecule has 148 valence electrons. The first-order chi connectivity index (χ1) is 13.6. The number of nitrogens with zero attached hydrogens (tertiary/aromatic N) is 1. The summed E-state index contributed by atoms with van der Waals surface area (Å²) >= 11 is 8.05. The smallest absolute Gasteiger partial charge is 0.265 e. The van der Waals surface area contributed by atoms with E-state index in [4.69, 9.17) is 11.6 Å². The average Bonchev–Trinajstić information content (AvgIpc) is 3.04. The van der Waals surface area contributed by atoms with Crippen LogP contribution in [0.15, 0.2) is 24.3 Å². The Balaban J connectivity index is 1.47. The molecule has 1 aromatic carbocycles. The number of thiophene rings is 1. The number of halogens is 1. The van der Waals surface area contributed by atoms with E-state index in [0.717, 1.165) is 30.0 Å². The lowest BCUT2D eigenvalue weighted by Gasteiger charge is -2.29. The van der Waals surface area contributed by atoms with E-state index in [1.807, 2.05) is 17.0 Å². The van der Waals surface area contributed by atoms with Gasteiger partial charge < -0.3 is 15.5 Å². The van der Waals surface area contributed by atoms with Crippen LogP contribution in [0.3, 0.4) is 0 Å². The second kappa shape index (κ2) is 8.53. The molecule has 1 aliphatic carbocycles. The fraction of sp³-hybridized carbons (Fsp3) is 0.429. The largest absolute Gasteiger partial charge is 0.359 e. The Kier molecular flexibility index (Phi) is 5.87. The topological polar surface area (TPSA) is 61.4 Å². The van der Waals surface area contributed by atoms with Crippen LogP contribution in [0.1, 0.15) is 45.8 Å². The summed E-state index contributed by atoms with van der Waals surface area (Å²) in [6.07, 6.45) is 7.12. The van der Waals surface area contributed by atoms with Crippen molar-refractivity contribution >= 4 is 46.1 Å². The number of nitrogens with one attached hydrogen (secondary N) is 2. The molecule has 1 fully saturated rings. The molecule has 0 atom stereocenters. The van der Waals surface area contributed by atoms with E-state index in [-0.39, 0.29) is 11.8 Å². The number of carbonyl (C=O) groups is 2. The zero-order valence-corrected chi connectivity index (χ0v) is 17.3. The first-order valence-corrected chi connectivity index (χ1v) is 11.0. The molecule has 0 saturated carbocycles. The number of amides is 2. The van der Waals surface area contributed by atoms with Gasteiger partial charge in [-0.3, -0.25) is 9.59 Å². The van der Waals surface area contributed by atoms with Gasteiger partial charge >= 0.3 is 0 Å². The quantitative estimate of drug-likeness (QED) is 0.784. The fourth-order valence-electron chi connectivity index (χ4n) is 3.83. The summed E-state index contributed by atoms with van der Waals surface area (Å²) in [4.78, 5) is 28.4. The second-order valence-electron chi connectivity index (χ2n) is 7.37. The number of benzene rings is 1. The number of piperazine rings is 1. The van der Waals surface area contributed by atoms with E-state index >= 15 is 0 Å². The molecule has 2 aromatic rings. The summed E-state index contributed by atoms with van der Waals surface area (Å²) in [5, 5.41) is 6.31. The van der Waals surface area contributed by atoms with Gasteiger partial charge in [0.15, 0.2) is 0 Å². The summed E-state index contributed by atoms with van der Waals surface area (Å²) in [6.45, 7) is 1.63. The molecule has 1 aliphatic heterocycles. The van der Waals surface area contributed by atoms with Gasteiger partial charge in [0.05, 0.1) is 22.1 Å². The first-order valence-electron chi connectivity index (χ1n) is 9.84. The summed E-state index contributed by atoms with van der Waals surface area (Å²) < 4.78 is 0. The van der Waals surface area contributed by atoms with Crippen LogP contribution in [0.4, 0.5) is 11.4 Å². The maximum absolute atomic E-state index is 12.7. The van der Waals surface area contributed by atoms with E-state index in [0.29, 0.717) is 23.8 Å². The second-order valence-corrected chi connectivity index (χ2v) is 8.91. The molecule has 0 unspecified atom stereocenters. The Morgan fingerprint density at radius 3 is 2.75 bits per heavy atom. The van der Waals surface area contributed by atoms with Crippen molar-refractivity contribution in [2.24, 2.45) is 0 Å². The van der Waals surface area contributed by atoms with Crippen molar-refractivity contribution in [2.75, 3.05) is 29.9 Å². The van der Waals surface area contributed by atoms with Gasteiger partial charge in [-0.2, -0.15) is 0 Å². The lowest BCUT2D eigenvalue weighted by Crippen LogP contribution is -2.47. The molecule has 2 heterocycles. The van der Waals surface area contributed by atoms with Crippen molar-refractivity contribution in [3.05, 3.63) is 44.6 Å². The number of aryl methyl sites for hydroxylation is 2. The summed E-state index contributed by atoms with van der Waals surface area (Å²) in [7, 11) is 0. The number of carbonyl (C=O) groups excluding carboxylic acids is 2. The number of hydrogen-bond acceptors (Lipinski definition) is 4. The maximum Gasteiger partial charge on any atom is 0.265 e. The van der Waals surface area contributed by atoms with Crippen LogP contribution in [0.2, 0.25) is 5.02 Å². The SMILES string of the molecule is O=C1CN(c2ccc(NC(=O)c3cc4c(s3)CCCCCC4)cc2Cl)CCN1. The minimum Gasteiger partial charge on any atom is -0.359 e. The molecular weight excluding hydrogens is 394 g/mol. The predicted molar refractivity (Wildman–Crippen MR) is 115 cm³/mol. The van der Waals surface area contributed by atoms with Crippen LogP contribution in [0.5, 0.6) is 0 Å². The minimum absolute atomic E-state index is 0.00652. The number of hydrogen-bond donors (Lipinski definition) is 2. The minimum atomic E-state index is -0.0853. The van der Waals surface area contributed by atoms with Gasteiger partial charge in [-0.05, 0) is 55.5 Å². The van der Waals surface area contributed by atoms with Crippen molar-refractivity contribution in [1.29, 1.82) is 0 Å². The van der Waals surface area contributed by atoms with Gasteiger partial charge in [0.1, 0.15) is 0 Å². The Bertz CT molecular complexity index is 870. The van der Waals surface area contributed by atoms with Crippen molar-refractivity contribution in [3.63, 3.8) is 0 Å². The van der Waals surface area contributed by atoms with Crippen LogP contribution in [0, 0.1) is 0 Å². The lowest BCUT2D eigenvalue weighted by atomic mass is 10.00. The van der Waals surface area contributed by atoms with E-state index in [2.05, 4.69) is 16.7 Å². The van der Waals surface area contributed by atoms with Gasteiger partial charge in [-0.15, -0.1) is 11.3 Å². The average molecular weight is 418 g/mol. The van der Waals surface area contributed by atoms with E-state index in [9.17, 15) is 9.59 Å². The molecule has 0 bridgehead atoms. The standard InChI is InChI=1S/C21H24ClN3O2S/c22-16-12-15(7-8-17(16)25-10-9-23-20(26)13-25)24-21(27)19-11-14-5-3-1-2-4-6-18(14)28-19/h7-8,11-12H,1-6,9-10,13H2,(H,23,26)(H,24,27). The normalized spacial score (nSPS) is 17.3. The van der Waals surface area contributed by atoms with Crippen molar-refractivity contribution in [1.82, 2.24) is 5.32 Å². The third-order valence-corrected chi connectivity index (χ3v) is 6.84. The van der Waals surface area contributed by atoms with Crippen LogP contribution >= 0.6 is 22.9 Å². The number of fused-ring (bicyclic) bond motifs is 1. The van der Waals surface area contributed by atoms with E-state index in [1.165, 1.54) is 36.1 Å². The Morgan fingerprint density at radius 2 is 1.96 bits per heavy atom. The highest BCUT2D eigenvalue weighted by Gasteiger charge is 2.20. The molecule has 2 aliphatic rings. The molecule has 5 nitrogen and oxygen atoms in total. The monoisotopic (exact) mass is 417 g/mol. The van der Waals surface area contributed by atoms with E-state index in [1.54, 1.807) is 17.4 Å². The molecule has 7 heteroatoms. The fourth-order valence-corrected chi connectivity index (χ4v) is 5.28. The lowest BCUT2D eigenvalue weighted by molar-refractivity contribution is -0.120. The van der Waals surface area contributed by atoms with Crippen molar-refractivity contribution in [3.8, 4) is 0 Å². The van der Waals surface area contributed by atoms with Gasteiger partial charge in [0.25, 0.3) is 5.91 Å². The van der Waals surface area contributed by atoms with E-state index < -0.39 is 0 Å². The predicted octanol–water partition coefficient (Wildman–Crippen LogP) is 4.25. The molecule has 2 N–H and O–H groups in total. The highest BCUT2D eigenvalue weighted by Crippen LogP contribution is 2.31. The zero-order valence-electron chi connectivity index (χ0n) is 15.7. The Morgan fingerprint density at radius 1 is 1.14 bits per heavy atom. The Labute approximate surface area is 174 Å². The first kappa shape index (κ1) is 19.3. The Hall–Kier alpha value is -2.05. The zero-order chi connectivity index (χ0) is 19.5. The van der Waals surface area contributed by atoms with Gasteiger partial charge in [0, 0.05) is 23.7 Å². The van der Waals surface area contributed by atoms with Crippen LogP contribution < -0.4 is 15.5 Å². The maximum atomic E-state index is 12.7. The molecule has 28 heavy (non-hydrogen) atoms. The highest BCUT2D eigenvalue weighted by atomic mass is 35.5. The van der Waals surface area contributed by atoms with Gasteiger partial charge in [-0.1, -0.05) is 24.4 Å². The molecular formula is C21H24ClN3O2S. The van der Waals surface area contributed by atoms with Crippen molar-refractivity contribution in [2.45, 2.75) is 38.5 Å².